The SMILES string of the molecule is CC(C)(COCC(C)(COCC(F)(F)C(F)(F)F)COS(C)(=O)=O)COCC(C)(COCC(F)(F)C(F)(F)F)COS(=O)(=O)[O-].CC(C)(COCC(C)(COCC(F)(F)F)COS(C)(=O)=O)COCC(C)(COCC(F)(F)F)COS(=O)(=O)[O-].[NH4+].[NH4+]. The molecule has 0 aromatic carbocycles. The molecule has 0 spiro atoms. The number of quaternary nitrogens is 2. The third-order valence-corrected chi connectivity index (χ3v) is 11.8. The molecule has 0 radical (unpaired) electrons. The van der Waals surface area contributed by atoms with E-state index in [2.05, 4.69) is 31.5 Å². The quantitative estimate of drug-likeness (QED) is 0.0261. The lowest BCUT2D eigenvalue weighted by Crippen LogP contribution is -2.43. The first-order valence-electron chi connectivity index (χ1n) is 23.5. The molecule has 0 aliphatic rings. The summed E-state index contributed by atoms with van der Waals surface area (Å²) in [5.74, 6) is -10.4. The average Bonchev–Trinajstić information content (AvgIpc) is 3.24. The van der Waals surface area contributed by atoms with E-state index in [4.69, 9.17) is 23.1 Å². The number of hydrogen-bond donors (Lipinski definition) is 2. The summed E-state index contributed by atoms with van der Waals surface area (Å²) in [6, 6.07) is 0. The van der Waals surface area contributed by atoms with Gasteiger partial charge in [-0.2, -0.15) is 87.1 Å². The van der Waals surface area contributed by atoms with Crippen molar-refractivity contribution in [2.75, 3.05) is 145 Å². The van der Waals surface area contributed by atoms with E-state index in [9.17, 15) is 113 Å². The van der Waals surface area contributed by atoms with E-state index in [-0.39, 0.29) is 51.9 Å². The highest BCUT2D eigenvalue weighted by atomic mass is 32.3. The van der Waals surface area contributed by atoms with Crippen molar-refractivity contribution in [2.24, 2.45) is 32.5 Å². The molecule has 0 aliphatic heterocycles. The van der Waals surface area contributed by atoms with Crippen LogP contribution in [0.3, 0.4) is 0 Å². The van der Waals surface area contributed by atoms with Crippen LogP contribution in [0.2, 0.25) is 0 Å². The minimum Gasteiger partial charge on any atom is -0.726 e. The zero-order chi connectivity index (χ0) is 66.6. The topological polar surface area (TPSA) is 366 Å². The lowest BCUT2D eigenvalue weighted by molar-refractivity contribution is -0.298. The molecule has 0 heterocycles. The maximum absolute atomic E-state index is 13.2. The summed E-state index contributed by atoms with van der Waals surface area (Å²) in [7, 11) is -18.5. The van der Waals surface area contributed by atoms with Gasteiger partial charge in [0.2, 0.25) is 20.8 Å². The van der Waals surface area contributed by atoms with Crippen LogP contribution in [0.4, 0.5) is 70.2 Å². The maximum Gasteiger partial charge on any atom is 0.455 e. The Hall–Kier alpha value is -1.96. The smallest absolute Gasteiger partial charge is 0.455 e. The summed E-state index contributed by atoms with van der Waals surface area (Å²) < 4.78 is 370. The van der Waals surface area contributed by atoms with Gasteiger partial charge >= 0.3 is 36.6 Å². The van der Waals surface area contributed by atoms with E-state index in [1.54, 1.807) is 13.8 Å². The molecule has 8 N–H and O–H groups in total. The Balaban J connectivity index is -0.000000771. The molecule has 0 amide bonds. The largest absolute Gasteiger partial charge is 0.726 e. The van der Waals surface area contributed by atoms with Crippen molar-refractivity contribution in [2.45, 2.75) is 91.9 Å². The van der Waals surface area contributed by atoms with Gasteiger partial charge in [-0.3, -0.25) is 16.7 Å². The van der Waals surface area contributed by atoms with Crippen LogP contribution in [-0.4, -0.2) is 224 Å². The van der Waals surface area contributed by atoms with E-state index in [1.165, 1.54) is 34.6 Å². The van der Waals surface area contributed by atoms with Gasteiger partial charge in [-0.1, -0.05) is 55.4 Å². The van der Waals surface area contributed by atoms with Crippen LogP contribution in [-0.2, 0) is 95.7 Å². The first kappa shape index (κ1) is 90.5. The summed E-state index contributed by atoms with van der Waals surface area (Å²) in [4.78, 5) is 0. The van der Waals surface area contributed by atoms with Gasteiger partial charge in [0, 0.05) is 32.5 Å². The number of rotatable bonds is 42. The van der Waals surface area contributed by atoms with Gasteiger partial charge in [-0.05, 0) is 0 Å². The lowest BCUT2D eigenvalue weighted by atomic mass is 9.92. The second kappa shape index (κ2) is 35.2. The van der Waals surface area contributed by atoms with E-state index < -0.39 is 203 Å². The minimum atomic E-state index is -5.94. The molecule has 0 bridgehead atoms. The van der Waals surface area contributed by atoms with Gasteiger partial charge in [0.15, 0.2) is 0 Å². The van der Waals surface area contributed by atoms with Crippen molar-refractivity contribution in [3.8, 4) is 0 Å². The van der Waals surface area contributed by atoms with E-state index in [0.717, 1.165) is 13.2 Å². The Labute approximate surface area is 488 Å². The molecule has 0 saturated heterocycles. The standard InChI is InChI=1S/C22H36F10O11S2.C20H36F6O11S2.2H3N/c1-16(2,6-38-8-17(3,12-42-44(5,33)34)10-40-14-19(23,24)21(27,28)29)7-39-9-18(4,13-43-45(35,36)37)11-41-15-20(25,26)22(30,31)32;1-16(2,6-32-8-17(3,12-36-38(5,27)28)10-34-14-19(21,22)23)7-33-9-18(4,13-37-39(29,30)31)11-35-15-20(24,25)26;;/h6-15H2,1-5H3,(H,35,36,37);6-15H2,1-5H3,(H,29,30,31);2*1H3. The van der Waals surface area contributed by atoms with Crippen LogP contribution in [0, 0.1) is 32.5 Å². The number of hydrogen-bond acceptors (Lipinski definition) is 22. The van der Waals surface area contributed by atoms with Crippen LogP contribution in [0.15, 0.2) is 0 Å². The molecule has 0 aromatic heterocycles. The molecule has 0 saturated carbocycles. The zero-order valence-electron chi connectivity index (χ0n) is 48.8. The normalized spacial score (nSPS) is 16.8. The van der Waals surface area contributed by atoms with Crippen LogP contribution < -0.4 is 12.3 Å². The van der Waals surface area contributed by atoms with Crippen LogP contribution in [0.1, 0.15) is 55.4 Å². The lowest BCUT2D eigenvalue weighted by Gasteiger charge is -2.33. The van der Waals surface area contributed by atoms with Crippen molar-refractivity contribution in [1.29, 1.82) is 0 Å². The molecule has 0 rings (SSSR count). The van der Waals surface area contributed by atoms with Crippen molar-refractivity contribution in [3.05, 3.63) is 0 Å². The fraction of sp³-hybridized carbons (Fsp3) is 1.00. The Bertz CT molecular complexity index is 2250. The summed E-state index contributed by atoms with van der Waals surface area (Å²) in [5.41, 5.74) is -7.87. The van der Waals surface area contributed by atoms with Gasteiger partial charge in [-0.25, -0.2) is 16.8 Å². The van der Waals surface area contributed by atoms with Crippen LogP contribution in [0.25, 0.3) is 0 Å². The van der Waals surface area contributed by atoms with E-state index in [1.807, 2.05) is 0 Å². The second-order valence-electron chi connectivity index (χ2n) is 22.4. The Morgan fingerprint density at radius 3 is 0.616 bits per heavy atom. The summed E-state index contributed by atoms with van der Waals surface area (Å²) in [6.07, 6.45) is -19.7. The highest BCUT2D eigenvalue weighted by Gasteiger charge is 2.59. The van der Waals surface area contributed by atoms with Gasteiger partial charge < -0.3 is 59.3 Å². The minimum absolute atomic E-state index is 0. The molecule has 24 nitrogen and oxygen atoms in total. The molecular formula is C42H78F16N2O22S4. The fourth-order valence-corrected chi connectivity index (χ4v) is 7.50. The predicted molar refractivity (Wildman–Crippen MR) is 266 cm³/mol. The van der Waals surface area contributed by atoms with Crippen LogP contribution >= 0.6 is 0 Å². The van der Waals surface area contributed by atoms with Gasteiger partial charge in [0.25, 0.3) is 20.2 Å². The third-order valence-electron chi connectivity index (χ3n) is 9.85. The Morgan fingerprint density at radius 2 is 0.453 bits per heavy atom. The summed E-state index contributed by atoms with van der Waals surface area (Å²) in [5, 5.41) is 0. The number of ether oxygens (including phenoxy) is 8. The highest BCUT2D eigenvalue weighted by Crippen LogP contribution is 2.38. The van der Waals surface area contributed by atoms with Gasteiger partial charge in [0.1, 0.15) is 26.4 Å². The first-order chi connectivity index (χ1) is 37.0. The fourth-order valence-electron chi connectivity index (χ4n) is 5.65. The van der Waals surface area contributed by atoms with Gasteiger partial charge in [-0.15, -0.1) is 0 Å². The molecule has 524 valence electrons. The summed E-state index contributed by atoms with van der Waals surface area (Å²) >= 11 is 0. The zero-order valence-corrected chi connectivity index (χ0v) is 52.1. The molecule has 86 heavy (non-hydrogen) atoms. The van der Waals surface area contributed by atoms with E-state index >= 15 is 0 Å². The average molecular weight is 1400 g/mol. The number of halogens is 16. The molecule has 4 atom stereocenters. The predicted octanol–water partition coefficient (Wildman–Crippen LogP) is 7.36. The first-order valence-corrected chi connectivity index (χ1v) is 29.8. The second-order valence-corrected chi connectivity index (χ2v) is 27.8. The van der Waals surface area contributed by atoms with Crippen molar-refractivity contribution in [1.82, 2.24) is 12.3 Å². The summed E-state index contributed by atoms with van der Waals surface area (Å²) in [6.45, 7) is -4.75. The molecular weight excluding hydrogens is 1320 g/mol. The molecule has 0 aromatic rings. The molecule has 0 aliphatic carbocycles. The molecule has 0 fully saturated rings. The number of alkyl halides is 16. The van der Waals surface area contributed by atoms with Crippen molar-refractivity contribution in [3.63, 3.8) is 0 Å². The van der Waals surface area contributed by atoms with Crippen molar-refractivity contribution < 1.29 is 168 Å². The van der Waals surface area contributed by atoms with Crippen molar-refractivity contribution >= 4 is 41.0 Å². The Kier molecular flexibility index (Phi) is 37.0. The van der Waals surface area contributed by atoms with Gasteiger partial charge in [0.05, 0.1) is 118 Å². The Morgan fingerprint density at radius 1 is 0.279 bits per heavy atom. The third kappa shape index (κ3) is 46.2. The molecule has 44 heteroatoms. The van der Waals surface area contributed by atoms with E-state index in [0.29, 0.717) is 6.26 Å². The van der Waals surface area contributed by atoms with Crippen LogP contribution in [0.5, 0.6) is 0 Å². The molecule has 4 unspecified atom stereocenters. The monoisotopic (exact) mass is 1390 g/mol. The maximum atomic E-state index is 13.2. The highest BCUT2D eigenvalue weighted by molar-refractivity contribution is 7.86.